The molecule has 21 heteroatoms. The minimum Gasteiger partial charge on any atom is -0.369 e. The summed E-state index contributed by atoms with van der Waals surface area (Å²) in [7, 11) is 0. The molecule has 2 amide bonds. The van der Waals surface area contributed by atoms with E-state index in [1.807, 2.05) is 12.1 Å². The van der Waals surface area contributed by atoms with Crippen molar-refractivity contribution in [1.82, 2.24) is 11.0 Å². The number of carbonyl (C=O) groups excluding carboxylic acids is 2. The molecule has 3 aliphatic rings. The lowest BCUT2D eigenvalue weighted by Gasteiger charge is -2.26. The smallest absolute Gasteiger partial charge is 0.369 e. The zero-order valence-electron chi connectivity index (χ0n) is 36.9. The number of amides is 2. The predicted molar refractivity (Wildman–Crippen MR) is 228 cm³/mol. The molecule has 2 aliphatic carbocycles. The van der Waals surface area contributed by atoms with E-state index < -0.39 is 90.5 Å². The molecule has 4 aromatic rings. The molecule has 4 aromatic carbocycles. The normalized spacial score (nSPS) is 18.7. The van der Waals surface area contributed by atoms with Crippen LogP contribution in [0.5, 0.6) is 0 Å². The van der Waals surface area contributed by atoms with Gasteiger partial charge >= 0.3 is 24.7 Å². The Hall–Kier alpha value is -5.74. The van der Waals surface area contributed by atoms with Crippen LogP contribution in [0.2, 0.25) is 0 Å². The molecule has 378 valence electrons. The number of hydrogen-bond donors (Lipinski definition) is 3. The van der Waals surface area contributed by atoms with E-state index in [0.29, 0.717) is 62.1 Å². The molecule has 1 aliphatic heterocycles. The van der Waals surface area contributed by atoms with Gasteiger partial charge in [0.15, 0.2) is 6.29 Å². The molecule has 1 saturated heterocycles. The van der Waals surface area contributed by atoms with Crippen LogP contribution in [0.1, 0.15) is 124 Å². The third kappa shape index (κ3) is 15.4. The van der Waals surface area contributed by atoms with Crippen molar-refractivity contribution in [1.29, 1.82) is 0 Å². The molecule has 1 fully saturated rings. The van der Waals surface area contributed by atoms with Crippen molar-refractivity contribution < 1.29 is 86.5 Å². The van der Waals surface area contributed by atoms with Crippen molar-refractivity contribution >= 4 is 24.0 Å². The van der Waals surface area contributed by atoms with Gasteiger partial charge in [-0.3, -0.25) is 14.8 Å². The highest BCUT2D eigenvalue weighted by Crippen LogP contribution is 2.40. The maximum absolute atomic E-state index is 13.2. The molecular weight excluding hydrogens is 957 g/mol. The quantitative estimate of drug-likeness (QED) is 0.0560. The zero-order chi connectivity index (χ0) is 50.9. The van der Waals surface area contributed by atoms with E-state index in [1.165, 1.54) is 17.6 Å². The molecule has 3 unspecified atom stereocenters. The molecule has 7 rings (SSSR count). The monoisotopic (exact) mass is 1000 g/mol. The van der Waals surface area contributed by atoms with Crippen molar-refractivity contribution in [3.05, 3.63) is 152 Å². The molecule has 0 aromatic heterocycles. The van der Waals surface area contributed by atoms with Crippen LogP contribution in [-0.2, 0) is 79.4 Å². The first-order valence-corrected chi connectivity index (χ1v) is 21.9. The molecule has 70 heavy (non-hydrogen) atoms. The molecule has 3 atom stereocenters. The standard InChI is InChI=1S/C27H27F6NO4.C22H19F6NO3/c28-26(29,30)20-13-18(14-21(15-20)27(31,32)33)16-37-23-5-3-4-19-12-17(7-9-22(19)23)8-10-24(35)34-38-25-6-1-2-11-36-25;23-21(24,25)16-9-14(10-17(11-16)22(26,27)28)12-32-19-3-1-2-15-8-13(4-6-18(15)19)5-7-20(30)29-31/h7-10,12-15,23,25H,1-6,11,16H2,(H,34,35);4-11,19,31H,1-3,12H2,(H,29,30)/b10-8+;7-5+. The van der Waals surface area contributed by atoms with E-state index in [9.17, 15) is 62.3 Å². The highest BCUT2D eigenvalue weighted by Gasteiger charge is 2.38. The molecule has 3 N–H and O–H groups in total. The van der Waals surface area contributed by atoms with E-state index in [0.717, 1.165) is 66.0 Å². The van der Waals surface area contributed by atoms with Crippen molar-refractivity contribution in [2.45, 2.75) is 114 Å². The van der Waals surface area contributed by atoms with Crippen LogP contribution in [-0.4, -0.2) is 29.9 Å². The summed E-state index contributed by atoms with van der Waals surface area (Å²) in [5.41, 5.74) is 2.82. The average Bonchev–Trinajstić information content (AvgIpc) is 3.32. The third-order valence-electron chi connectivity index (χ3n) is 11.4. The fourth-order valence-electron chi connectivity index (χ4n) is 8.07. The average molecular weight is 1000 g/mol. The van der Waals surface area contributed by atoms with Gasteiger partial charge in [-0.1, -0.05) is 36.4 Å². The Morgan fingerprint density at radius 3 is 1.39 bits per heavy atom. The number of hydrogen-bond acceptors (Lipinski definition) is 7. The summed E-state index contributed by atoms with van der Waals surface area (Å²) in [4.78, 5) is 28.4. The van der Waals surface area contributed by atoms with Gasteiger partial charge in [0, 0.05) is 25.2 Å². The van der Waals surface area contributed by atoms with Crippen LogP contribution in [0.15, 0.2) is 84.9 Å². The summed E-state index contributed by atoms with van der Waals surface area (Å²) >= 11 is 0. The number of nitrogens with one attached hydrogen (secondary N) is 2. The Morgan fingerprint density at radius 2 is 1.00 bits per heavy atom. The van der Waals surface area contributed by atoms with Crippen molar-refractivity contribution in [3.63, 3.8) is 0 Å². The van der Waals surface area contributed by atoms with Gasteiger partial charge in [-0.15, -0.1) is 0 Å². The number of rotatable bonds is 12. The highest BCUT2D eigenvalue weighted by atomic mass is 19.4. The fraction of sp³-hybridized carbons (Fsp3) is 0.388. The minimum absolute atomic E-state index is 0.0888. The lowest BCUT2D eigenvalue weighted by atomic mass is 9.88. The van der Waals surface area contributed by atoms with Gasteiger partial charge in [-0.05, 0) is 144 Å². The number of fused-ring (bicyclic) bond motifs is 2. The van der Waals surface area contributed by atoms with Crippen molar-refractivity contribution in [2.75, 3.05) is 6.61 Å². The second kappa shape index (κ2) is 23.0. The minimum atomic E-state index is -4.91. The zero-order valence-corrected chi connectivity index (χ0v) is 36.9. The Bertz CT molecular complexity index is 2450. The molecule has 0 spiro atoms. The van der Waals surface area contributed by atoms with Gasteiger partial charge in [0.2, 0.25) is 0 Å². The number of benzene rings is 4. The third-order valence-corrected chi connectivity index (χ3v) is 11.4. The summed E-state index contributed by atoms with van der Waals surface area (Å²) in [5, 5.41) is 8.52. The lowest BCUT2D eigenvalue weighted by Crippen LogP contribution is -2.32. The van der Waals surface area contributed by atoms with Gasteiger partial charge in [0.1, 0.15) is 0 Å². The maximum atomic E-state index is 13.2. The second-order valence-electron chi connectivity index (χ2n) is 16.7. The summed E-state index contributed by atoms with van der Waals surface area (Å²) in [6.07, 6.45) is -8.82. The number of hydroxylamine groups is 2. The Balaban J connectivity index is 0.000000233. The Labute approximate surface area is 393 Å². The van der Waals surface area contributed by atoms with Crippen LogP contribution in [0, 0.1) is 0 Å². The van der Waals surface area contributed by atoms with E-state index in [4.69, 9.17) is 24.3 Å². The van der Waals surface area contributed by atoms with Gasteiger partial charge < -0.3 is 14.2 Å². The summed E-state index contributed by atoms with van der Waals surface area (Å²) in [6, 6.07) is 13.6. The summed E-state index contributed by atoms with van der Waals surface area (Å²) in [5.74, 6) is -1.14. The molecule has 0 radical (unpaired) electrons. The van der Waals surface area contributed by atoms with E-state index >= 15 is 0 Å². The Kier molecular flexibility index (Phi) is 17.6. The molecule has 0 bridgehead atoms. The number of halogens is 12. The predicted octanol–water partition coefficient (Wildman–Crippen LogP) is 12.7. The van der Waals surface area contributed by atoms with Gasteiger partial charge in [-0.25, -0.2) is 15.8 Å². The second-order valence-corrected chi connectivity index (χ2v) is 16.7. The van der Waals surface area contributed by atoms with Gasteiger partial charge in [-0.2, -0.15) is 52.7 Å². The van der Waals surface area contributed by atoms with Crippen LogP contribution < -0.4 is 11.0 Å². The number of alkyl halides is 12. The van der Waals surface area contributed by atoms with Gasteiger partial charge in [0.25, 0.3) is 11.8 Å². The molecule has 1 heterocycles. The maximum Gasteiger partial charge on any atom is 0.416 e. The van der Waals surface area contributed by atoms with E-state index in [2.05, 4.69) is 5.48 Å². The molecule has 9 nitrogen and oxygen atoms in total. The van der Waals surface area contributed by atoms with Crippen molar-refractivity contribution in [2.24, 2.45) is 0 Å². The first-order chi connectivity index (χ1) is 33.0. The number of ether oxygens (including phenoxy) is 3. The van der Waals surface area contributed by atoms with Crippen molar-refractivity contribution in [3.8, 4) is 0 Å². The first-order valence-electron chi connectivity index (χ1n) is 21.9. The Morgan fingerprint density at radius 1 is 0.571 bits per heavy atom. The van der Waals surface area contributed by atoms with Crippen LogP contribution in [0.4, 0.5) is 52.7 Å². The lowest BCUT2D eigenvalue weighted by molar-refractivity contribution is -0.198. The summed E-state index contributed by atoms with van der Waals surface area (Å²) < 4.78 is 174. The van der Waals surface area contributed by atoms with Crippen LogP contribution in [0.3, 0.4) is 0 Å². The SMILES string of the molecule is O=C(/C=C/c1ccc2c(c1)CCCC2OCc1cc(C(F)(F)F)cc(C(F)(F)F)c1)NO.O=C(/C=C/c1ccc2c(c1)CCCC2OCc1cc(C(F)(F)F)cc(C(F)(F)F)c1)NOC1CCCCO1. The number of aryl methyl sites for hydroxylation is 2. The van der Waals surface area contributed by atoms with E-state index in [-0.39, 0.29) is 23.3 Å². The topological polar surface area (TPSA) is 115 Å². The first kappa shape index (κ1) is 53.6. The van der Waals surface area contributed by atoms with Gasteiger partial charge in [0.05, 0.1) is 47.7 Å². The van der Waals surface area contributed by atoms with Crippen LogP contribution >= 0.6 is 0 Å². The largest absolute Gasteiger partial charge is 0.416 e. The number of carbonyl (C=O) groups is 2. The van der Waals surface area contributed by atoms with Crippen LogP contribution in [0.25, 0.3) is 12.2 Å². The van der Waals surface area contributed by atoms with E-state index in [1.54, 1.807) is 30.3 Å². The molecular formula is C49H46F12N2O7. The highest BCUT2D eigenvalue weighted by molar-refractivity contribution is 5.91. The molecule has 0 saturated carbocycles. The fourth-order valence-corrected chi connectivity index (χ4v) is 8.07. The summed E-state index contributed by atoms with van der Waals surface area (Å²) in [6.45, 7) is -0.218.